The number of fused-ring (bicyclic) bond motifs is 1. The first-order valence-corrected chi connectivity index (χ1v) is 6.15. The Morgan fingerprint density at radius 1 is 0.947 bits per heavy atom. The maximum absolute atomic E-state index is 6.01. The molecule has 0 amide bonds. The van der Waals surface area contributed by atoms with Crippen LogP contribution in [-0.4, -0.2) is 4.98 Å². The molecule has 0 aliphatic heterocycles. The Bertz CT molecular complexity index is 695. The van der Waals surface area contributed by atoms with Gasteiger partial charge in [0.15, 0.2) is 0 Å². The van der Waals surface area contributed by atoms with E-state index in [2.05, 4.69) is 4.98 Å². The molecule has 0 unspecified atom stereocenters. The smallest absolute Gasteiger partial charge is 0.216 e. The van der Waals surface area contributed by atoms with Crippen molar-refractivity contribution in [1.82, 2.24) is 4.98 Å². The first-order valence-electron chi connectivity index (χ1n) is 6.15. The fourth-order valence-corrected chi connectivity index (χ4v) is 1.98. The van der Waals surface area contributed by atoms with Gasteiger partial charge in [-0.1, -0.05) is 48.5 Å². The van der Waals surface area contributed by atoms with Crippen LogP contribution in [0.4, 0.5) is 5.69 Å². The first-order chi connectivity index (χ1) is 9.33. The number of ether oxygens (including phenoxy) is 1. The van der Waals surface area contributed by atoms with E-state index in [1.807, 2.05) is 54.6 Å². The zero-order valence-electron chi connectivity index (χ0n) is 10.4. The SMILES string of the molecule is Nc1cc(OCc2ccccc2)nc2ccccc12. The average molecular weight is 250 g/mol. The number of para-hydroxylation sites is 1. The van der Waals surface area contributed by atoms with E-state index in [0.717, 1.165) is 16.5 Å². The number of pyridine rings is 1. The predicted molar refractivity (Wildman–Crippen MR) is 76.9 cm³/mol. The quantitative estimate of drug-likeness (QED) is 0.775. The second-order valence-corrected chi connectivity index (χ2v) is 4.34. The molecule has 0 fully saturated rings. The van der Waals surface area contributed by atoms with Gasteiger partial charge < -0.3 is 10.5 Å². The van der Waals surface area contributed by atoms with Gasteiger partial charge in [0.2, 0.25) is 5.88 Å². The number of hydrogen-bond acceptors (Lipinski definition) is 3. The summed E-state index contributed by atoms with van der Waals surface area (Å²) in [6.07, 6.45) is 0. The van der Waals surface area contributed by atoms with Crippen LogP contribution in [0.1, 0.15) is 5.56 Å². The van der Waals surface area contributed by atoms with E-state index in [1.165, 1.54) is 0 Å². The van der Waals surface area contributed by atoms with Crippen molar-refractivity contribution in [3.8, 4) is 5.88 Å². The minimum Gasteiger partial charge on any atom is -0.473 e. The minimum atomic E-state index is 0.492. The van der Waals surface area contributed by atoms with Crippen molar-refractivity contribution >= 4 is 16.6 Å². The van der Waals surface area contributed by atoms with Crippen molar-refractivity contribution in [3.63, 3.8) is 0 Å². The highest BCUT2D eigenvalue weighted by Crippen LogP contribution is 2.24. The molecule has 0 radical (unpaired) electrons. The standard InChI is InChI=1S/C16H14N2O/c17-14-10-16(18-15-9-5-4-8-13(14)15)19-11-12-6-2-1-3-7-12/h1-10H,11H2,(H2,17,18). The zero-order valence-corrected chi connectivity index (χ0v) is 10.4. The molecule has 3 nitrogen and oxygen atoms in total. The molecule has 0 spiro atoms. The third kappa shape index (κ3) is 2.50. The van der Waals surface area contributed by atoms with Crippen LogP contribution in [0.3, 0.4) is 0 Å². The maximum Gasteiger partial charge on any atom is 0.216 e. The van der Waals surface area contributed by atoms with E-state index < -0.39 is 0 Å². The van der Waals surface area contributed by atoms with Crippen LogP contribution in [0.15, 0.2) is 60.7 Å². The number of rotatable bonds is 3. The summed E-state index contributed by atoms with van der Waals surface area (Å²) in [5, 5.41) is 0.953. The summed E-state index contributed by atoms with van der Waals surface area (Å²) in [6.45, 7) is 0.492. The molecule has 0 aliphatic rings. The zero-order chi connectivity index (χ0) is 13.1. The number of nitrogens with zero attached hydrogens (tertiary/aromatic N) is 1. The Morgan fingerprint density at radius 3 is 2.53 bits per heavy atom. The van der Waals surface area contributed by atoms with E-state index >= 15 is 0 Å². The predicted octanol–water partition coefficient (Wildman–Crippen LogP) is 3.40. The Balaban J connectivity index is 1.85. The Labute approximate surface area is 111 Å². The first kappa shape index (κ1) is 11.5. The Morgan fingerprint density at radius 2 is 1.68 bits per heavy atom. The van der Waals surface area contributed by atoms with Crippen LogP contribution in [0.2, 0.25) is 0 Å². The van der Waals surface area contributed by atoms with Crippen LogP contribution in [0.5, 0.6) is 5.88 Å². The van der Waals surface area contributed by atoms with Gasteiger partial charge in [0.1, 0.15) is 6.61 Å². The highest BCUT2D eigenvalue weighted by atomic mass is 16.5. The molecule has 19 heavy (non-hydrogen) atoms. The van der Waals surface area contributed by atoms with E-state index in [4.69, 9.17) is 10.5 Å². The van der Waals surface area contributed by atoms with Crippen molar-refractivity contribution in [3.05, 3.63) is 66.2 Å². The van der Waals surface area contributed by atoms with E-state index in [0.29, 0.717) is 18.2 Å². The maximum atomic E-state index is 6.01. The second kappa shape index (κ2) is 4.98. The van der Waals surface area contributed by atoms with Gasteiger partial charge in [-0.05, 0) is 11.6 Å². The summed E-state index contributed by atoms with van der Waals surface area (Å²) >= 11 is 0. The Kier molecular flexibility index (Phi) is 3.02. The molecule has 3 aromatic rings. The van der Waals surface area contributed by atoms with Crippen LogP contribution >= 0.6 is 0 Å². The molecule has 3 rings (SSSR count). The van der Waals surface area contributed by atoms with E-state index in [9.17, 15) is 0 Å². The normalized spacial score (nSPS) is 10.5. The van der Waals surface area contributed by atoms with Crippen molar-refractivity contribution in [2.75, 3.05) is 5.73 Å². The van der Waals surface area contributed by atoms with Gasteiger partial charge in [-0.2, -0.15) is 0 Å². The molecule has 94 valence electrons. The highest BCUT2D eigenvalue weighted by molar-refractivity contribution is 5.90. The van der Waals surface area contributed by atoms with Gasteiger partial charge >= 0.3 is 0 Å². The summed E-state index contributed by atoms with van der Waals surface area (Å²) in [7, 11) is 0. The monoisotopic (exact) mass is 250 g/mol. The van der Waals surface area contributed by atoms with Gasteiger partial charge in [-0.25, -0.2) is 4.98 Å². The average Bonchev–Trinajstić information content (AvgIpc) is 2.46. The van der Waals surface area contributed by atoms with Crippen LogP contribution in [0.25, 0.3) is 10.9 Å². The fraction of sp³-hybridized carbons (Fsp3) is 0.0625. The molecule has 2 aromatic carbocycles. The lowest BCUT2D eigenvalue weighted by atomic mass is 10.2. The van der Waals surface area contributed by atoms with Gasteiger partial charge in [-0.15, -0.1) is 0 Å². The van der Waals surface area contributed by atoms with E-state index in [-0.39, 0.29) is 0 Å². The Hall–Kier alpha value is -2.55. The summed E-state index contributed by atoms with van der Waals surface area (Å²) in [5.74, 6) is 0.556. The molecule has 0 aliphatic carbocycles. The van der Waals surface area contributed by atoms with Gasteiger partial charge in [0, 0.05) is 17.1 Å². The number of nitrogen functional groups attached to an aromatic ring is 1. The number of benzene rings is 2. The molecule has 1 aromatic heterocycles. The lowest BCUT2D eigenvalue weighted by molar-refractivity contribution is 0.295. The van der Waals surface area contributed by atoms with Gasteiger partial charge in [0.05, 0.1) is 5.52 Å². The molecular weight excluding hydrogens is 236 g/mol. The van der Waals surface area contributed by atoms with Crippen molar-refractivity contribution in [2.24, 2.45) is 0 Å². The van der Waals surface area contributed by atoms with Crippen molar-refractivity contribution in [2.45, 2.75) is 6.61 Å². The molecule has 2 N–H and O–H groups in total. The largest absolute Gasteiger partial charge is 0.473 e. The third-order valence-electron chi connectivity index (χ3n) is 2.95. The molecule has 0 bridgehead atoms. The lowest BCUT2D eigenvalue weighted by Crippen LogP contribution is -1.99. The second-order valence-electron chi connectivity index (χ2n) is 4.34. The highest BCUT2D eigenvalue weighted by Gasteiger charge is 2.03. The lowest BCUT2D eigenvalue weighted by Gasteiger charge is -2.08. The van der Waals surface area contributed by atoms with Crippen molar-refractivity contribution in [1.29, 1.82) is 0 Å². The minimum absolute atomic E-state index is 0.492. The summed E-state index contributed by atoms with van der Waals surface area (Å²) in [4.78, 5) is 4.45. The molecule has 3 heteroatoms. The summed E-state index contributed by atoms with van der Waals surface area (Å²) in [5.41, 5.74) is 8.65. The topological polar surface area (TPSA) is 48.1 Å². The number of aromatic nitrogens is 1. The molecule has 0 saturated carbocycles. The number of nitrogens with two attached hydrogens (primary N) is 1. The number of anilines is 1. The van der Waals surface area contributed by atoms with Crippen LogP contribution in [-0.2, 0) is 6.61 Å². The summed E-state index contributed by atoms with van der Waals surface area (Å²) in [6, 6.07) is 19.5. The van der Waals surface area contributed by atoms with Gasteiger partial charge in [0.25, 0.3) is 0 Å². The molecule has 0 saturated heterocycles. The number of hydrogen-bond donors (Lipinski definition) is 1. The molecule has 0 atom stereocenters. The molecular formula is C16H14N2O. The van der Waals surface area contributed by atoms with Crippen LogP contribution < -0.4 is 10.5 Å². The van der Waals surface area contributed by atoms with Crippen LogP contribution in [0, 0.1) is 0 Å². The van der Waals surface area contributed by atoms with Crippen molar-refractivity contribution < 1.29 is 4.74 Å². The third-order valence-corrected chi connectivity index (χ3v) is 2.95. The molecule has 1 heterocycles. The summed E-state index contributed by atoms with van der Waals surface area (Å²) < 4.78 is 5.69. The van der Waals surface area contributed by atoms with Gasteiger partial charge in [-0.3, -0.25) is 0 Å². The fourth-order valence-electron chi connectivity index (χ4n) is 1.98. The van der Waals surface area contributed by atoms with E-state index in [1.54, 1.807) is 6.07 Å².